The van der Waals surface area contributed by atoms with E-state index in [1.54, 1.807) is 36.5 Å². The number of hydrogen-bond acceptors (Lipinski definition) is 5. The maximum absolute atomic E-state index is 11.8. The van der Waals surface area contributed by atoms with Crippen molar-refractivity contribution in [3.63, 3.8) is 0 Å². The Morgan fingerprint density at radius 1 is 0.950 bits per heavy atom. The van der Waals surface area contributed by atoms with Crippen LogP contribution in [0.1, 0.15) is 39.5 Å². The number of rotatable bonds is 7. The Hall–Kier alpha value is -4.95. The molecule has 0 bridgehead atoms. The third kappa shape index (κ3) is 4.81. The highest BCUT2D eigenvalue weighted by molar-refractivity contribution is 7.80. The van der Waals surface area contributed by atoms with Crippen molar-refractivity contribution < 1.29 is 19.1 Å². The van der Waals surface area contributed by atoms with Crippen LogP contribution in [0.5, 0.6) is 11.5 Å². The summed E-state index contributed by atoms with van der Waals surface area (Å²) in [5.74, 6) is 1.58. The van der Waals surface area contributed by atoms with Gasteiger partial charge in [0, 0.05) is 17.4 Å². The highest BCUT2D eigenvalue weighted by atomic mass is 32.1. The number of hydrogen-bond donors (Lipinski definition) is 2. The Morgan fingerprint density at radius 2 is 1.70 bits per heavy atom. The minimum Gasteiger partial charge on any atom is -0.478 e. The van der Waals surface area contributed by atoms with Crippen LogP contribution < -0.4 is 15.0 Å². The Bertz CT molecular complexity index is 1680. The molecule has 1 fully saturated rings. The first-order chi connectivity index (χ1) is 19.5. The SMILES string of the molecule is Cc1ccccc1Oc1ccc(N2C(=S)N[C@H](c3ccccn3)[C@H]2c2ccc(-c3ccccc3C(=O)O)o2)cc1. The lowest BCUT2D eigenvalue weighted by Gasteiger charge is -2.26. The first kappa shape index (κ1) is 25.3. The van der Waals surface area contributed by atoms with Gasteiger partial charge in [0.05, 0.1) is 17.3 Å². The summed E-state index contributed by atoms with van der Waals surface area (Å²) in [6.07, 6.45) is 1.74. The van der Waals surface area contributed by atoms with Crippen LogP contribution in [0.25, 0.3) is 11.3 Å². The molecule has 1 aliphatic heterocycles. The molecule has 0 saturated carbocycles. The lowest BCUT2D eigenvalue weighted by Crippen LogP contribution is -2.29. The number of thiocarbonyl (C=S) groups is 1. The standard InChI is InChI=1S/C32H25N3O4S/c1-20-8-2-5-12-26(20)38-22-15-13-21(14-16-22)35-30(29(34-32(35)40)25-11-6-7-19-33-25)28-18-17-27(39-28)23-9-3-4-10-24(23)31(36)37/h2-19,29-30H,1H3,(H,34,40)(H,36,37)/t29-,30-/m1/s1. The molecule has 0 aliphatic carbocycles. The van der Waals surface area contributed by atoms with Gasteiger partial charge < -0.3 is 24.5 Å². The number of pyridine rings is 1. The van der Waals surface area contributed by atoms with Crippen LogP contribution in [-0.2, 0) is 0 Å². The molecule has 1 aliphatic rings. The summed E-state index contributed by atoms with van der Waals surface area (Å²) in [6.45, 7) is 2.01. The van der Waals surface area contributed by atoms with Crippen LogP contribution in [0.2, 0.25) is 0 Å². The lowest BCUT2D eigenvalue weighted by atomic mass is 10.0. The molecule has 2 atom stereocenters. The maximum atomic E-state index is 11.8. The number of para-hydroxylation sites is 1. The minimum absolute atomic E-state index is 0.172. The fraction of sp³-hybridized carbons (Fsp3) is 0.0938. The Balaban J connectivity index is 1.37. The van der Waals surface area contributed by atoms with Gasteiger partial charge in [-0.05, 0) is 85.4 Å². The van der Waals surface area contributed by atoms with Gasteiger partial charge in [-0.15, -0.1) is 0 Å². The van der Waals surface area contributed by atoms with Gasteiger partial charge in [0.15, 0.2) is 5.11 Å². The smallest absolute Gasteiger partial charge is 0.336 e. The molecule has 6 rings (SSSR count). The monoisotopic (exact) mass is 547 g/mol. The van der Waals surface area contributed by atoms with Crippen molar-refractivity contribution in [3.05, 3.63) is 132 Å². The average molecular weight is 548 g/mol. The Morgan fingerprint density at radius 3 is 2.45 bits per heavy atom. The number of aryl methyl sites for hydroxylation is 1. The summed E-state index contributed by atoms with van der Waals surface area (Å²) < 4.78 is 12.4. The Kier molecular flexibility index (Phi) is 6.76. The van der Waals surface area contributed by atoms with Crippen LogP contribution in [0.4, 0.5) is 5.69 Å². The first-order valence-corrected chi connectivity index (χ1v) is 13.2. The highest BCUT2D eigenvalue weighted by Gasteiger charge is 2.42. The van der Waals surface area contributed by atoms with Crippen LogP contribution in [0.3, 0.4) is 0 Å². The zero-order valence-electron chi connectivity index (χ0n) is 21.5. The van der Waals surface area contributed by atoms with Crippen LogP contribution >= 0.6 is 12.2 Å². The van der Waals surface area contributed by atoms with Gasteiger partial charge in [-0.1, -0.05) is 42.5 Å². The second-order valence-corrected chi connectivity index (χ2v) is 9.80. The average Bonchev–Trinajstić information content (AvgIpc) is 3.60. The predicted octanol–water partition coefficient (Wildman–Crippen LogP) is 7.32. The van der Waals surface area contributed by atoms with Crippen molar-refractivity contribution in [2.24, 2.45) is 0 Å². The lowest BCUT2D eigenvalue weighted by molar-refractivity contribution is 0.0697. The summed E-state index contributed by atoms with van der Waals surface area (Å²) >= 11 is 5.82. The number of furan rings is 1. The molecule has 8 heteroatoms. The summed E-state index contributed by atoms with van der Waals surface area (Å²) in [6, 6.07) is 31.1. The fourth-order valence-corrected chi connectivity index (χ4v) is 5.28. The molecule has 2 N–H and O–H groups in total. The summed E-state index contributed by atoms with van der Waals surface area (Å²) in [5.41, 5.74) is 3.38. The quantitative estimate of drug-likeness (QED) is 0.205. The van der Waals surface area contributed by atoms with E-state index in [2.05, 4.69) is 10.3 Å². The number of ether oxygens (including phenoxy) is 1. The summed E-state index contributed by atoms with van der Waals surface area (Å²) in [7, 11) is 0. The van der Waals surface area contributed by atoms with E-state index in [-0.39, 0.29) is 17.6 Å². The van der Waals surface area contributed by atoms with Gasteiger partial charge in [-0.25, -0.2) is 4.79 Å². The van der Waals surface area contributed by atoms with E-state index in [4.69, 9.17) is 21.4 Å². The van der Waals surface area contributed by atoms with Gasteiger partial charge in [0.1, 0.15) is 29.1 Å². The first-order valence-electron chi connectivity index (χ1n) is 12.8. The summed E-state index contributed by atoms with van der Waals surface area (Å²) in [4.78, 5) is 18.4. The van der Waals surface area contributed by atoms with Gasteiger partial charge >= 0.3 is 5.97 Å². The molecule has 198 valence electrons. The number of aromatic nitrogens is 1. The van der Waals surface area contributed by atoms with Crippen molar-refractivity contribution in [1.29, 1.82) is 0 Å². The second kappa shape index (κ2) is 10.7. The number of carboxylic acid groups (broad SMARTS) is 1. The van der Waals surface area contributed by atoms with E-state index in [1.807, 2.05) is 84.6 Å². The zero-order valence-corrected chi connectivity index (χ0v) is 22.3. The van der Waals surface area contributed by atoms with E-state index < -0.39 is 5.97 Å². The van der Waals surface area contributed by atoms with Crippen molar-refractivity contribution in [3.8, 4) is 22.8 Å². The molecule has 3 heterocycles. The number of carboxylic acids is 1. The normalized spacial score (nSPS) is 16.5. The molecule has 7 nitrogen and oxygen atoms in total. The third-order valence-electron chi connectivity index (χ3n) is 6.88. The topological polar surface area (TPSA) is 87.8 Å². The van der Waals surface area contributed by atoms with Crippen molar-refractivity contribution in [1.82, 2.24) is 10.3 Å². The van der Waals surface area contributed by atoms with E-state index >= 15 is 0 Å². The van der Waals surface area contributed by atoms with E-state index in [9.17, 15) is 9.90 Å². The third-order valence-corrected chi connectivity index (χ3v) is 7.19. The molecule has 0 amide bonds. The predicted molar refractivity (Wildman–Crippen MR) is 157 cm³/mol. The summed E-state index contributed by atoms with van der Waals surface area (Å²) in [5, 5.41) is 13.6. The molecule has 0 radical (unpaired) electrons. The molecule has 0 unspecified atom stereocenters. The van der Waals surface area contributed by atoms with Crippen molar-refractivity contribution in [2.75, 3.05) is 4.90 Å². The maximum Gasteiger partial charge on any atom is 0.336 e. The second-order valence-electron chi connectivity index (χ2n) is 9.41. The number of benzene rings is 3. The molecule has 1 saturated heterocycles. The number of aromatic carboxylic acids is 1. The molecule has 0 spiro atoms. The van der Waals surface area contributed by atoms with E-state index in [0.717, 1.165) is 22.7 Å². The molecular weight excluding hydrogens is 522 g/mol. The largest absolute Gasteiger partial charge is 0.478 e. The highest BCUT2D eigenvalue weighted by Crippen LogP contribution is 2.43. The number of nitrogens with one attached hydrogen (secondary N) is 1. The molecule has 2 aromatic heterocycles. The Labute approximate surface area is 236 Å². The van der Waals surface area contributed by atoms with Gasteiger partial charge in [-0.2, -0.15) is 0 Å². The van der Waals surface area contributed by atoms with Crippen LogP contribution in [0.15, 0.2) is 114 Å². The minimum atomic E-state index is -1.02. The van der Waals surface area contributed by atoms with Crippen molar-refractivity contribution in [2.45, 2.75) is 19.0 Å². The van der Waals surface area contributed by atoms with Gasteiger partial charge in [0.25, 0.3) is 0 Å². The molecular formula is C32H25N3O4S. The van der Waals surface area contributed by atoms with E-state index in [0.29, 0.717) is 27.9 Å². The molecule has 5 aromatic rings. The van der Waals surface area contributed by atoms with Gasteiger partial charge in [0.2, 0.25) is 0 Å². The number of carbonyl (C=O) groups is 1. The molecule has 3 aromatic carbocycles. The van der Waals surface area contributed by atoms with Crippen molar-refractivity contribution >= 4 is 29.0 Å². The number of nitrogens with zero attached hydrogens (tertiary/aromatic N) is 2. The van der Waals surface area contributed by atoms with Crippen LogP contribution in [-0.4, -0.2) is 21.2 Å². The fourth-order valence-electron chi connectivity index (χ4n) is 4.94. The van der Waals surface area contributed by atoms with Crippen LogP contribution in [0, 0.1) is 6.92 Å². The number of anilines is 1. The van der Waals surface area contributed by atoms with Gasteiger partial charge in [-0.3, -0.25) is 4.98 Å². The van der Waals surface area contributed by atoms with E-state index in [1.165, 1.54) is 0 Å². The zero-order chi connectivity index (χ0) is 27.6. The molecule has 40 heavy (non-hydrogen) atoms.